The van der Waals surface area contributed by atoms with E-state index in [1.54, 1.807) is 58.0 Å². The van der Waals surface area contributed by atoms with Crippen LogP contribution in [0.15, 0.2) is 42.6 Å². The van der Waals surface area contributed by atoms with Crippen LogP contribution in [0.3, 0.4) is 0 Å². The van der Waals surface area contributed by atoms with Gasteiger partial charge in [0.05, 0.1) is 39.7 Å². The minimum Gasteiger partial charge on any atom is -0.495 e. The van der Waals surface area contributed by atoms with Crippen LogP contribution in [0.4, 0.5) is 10.6 Å². The molecule has 3 aromatic rings. The Morgan fingerprint density at radius 1 is 0.911 bits per heavy atom. The summed E-state index contributed by atoms with van der Waals surface area (Å²) in [7, 11) is -6.21. The van der Waals surface area contributed by atoms with Gasteiger partial charge < -0.3 is 32.7 Å². The molecule has 0 unspecified atom stereocenters. The highest BCUT2D eigenvalue weighted by atomic mass is 31.2. The van der Waals surface area contributed by atoms with E-state index in [4.69, 9.17) is 22.8 Å². The highest BCUT2D eigenvalue weighted by Gasteiger charge is 2.51. The molecular formula is C31H48N4O8P2. The van der Waals surface area contributed by atoms with E-state index in [-0.39, 0.29) is 38.9 Å². The molecule has 0 aliphatic rings. The van der Waals surface area contributed by atoms with Gasteiger partial charge in [-0.2, -0.15) is 0 Å². The number of urea groups is 1. The molecule has 2 heterocycles. The molecule has 0 spiro atoms. The molecule has 0 bridgehead atoms. The Kier molecular flexibility index (Phi) is 14.6. The second-order valence-electron chi connectivity index (χ2n) is 10.3. The van der Waals surface area contributed by atoms with Gasteiger partial charge in [0, 0.05) is 30.7 Å². The third-order valence-electron chi connectivity index (χ3n) is 7.06. The van der Waals surface area contributed by atoms with Crippen LogP contribution in [0.2, 0.25) is 0 Å². The summed E-state index contributed by atoms with van der Waals surface area (Å²) in [6.07, 6.45) is 4.11. The number of benzene rings is 1. The van der Waals surface area contributed by atoms with Crippen molar-refractivity contribution in [2.75, 3.05) is 51.9 Å². The monoisotopic (exact) mass is 666 g/mol. The summed E-state index contributed by atoms with van der Waals surface area (Å²) in [5.74, 6) is 1.07. The number of anilines is 1. The number of aromatic amines is 1. The van der Waals surface area contributed by atoms with Crippen LogP contribution in [0.5, 0.6) is 5.75 Å². The van der Waals surface area contributed by atoms with Crippen LogP contribution in [0.1, 0.15) is 58.7 Å². The van der Waals surface area contributed by atoms with Crippen molar-refractivity contribution in [2.24, 2.45) is 0 Å². The van der Waals surface area contributed by atoms with Crippen molar-refractivity contribution < 1.29 is 36.8 Å². The average molecular weight is 667 g/mol. The highest BCUT2D eigenvalue weighted by Crippen LogP contribution is 2.71. The predicted octanol–water partition coefficient (Wildman–Crippen LogP) is 7.85. The molecule has 250 valence electrons. The molecule has 2 aromatic heterocycles. The number of carbonyl (C=O) groups is 1. The maximum absolute atomic E-state index is 14.0. The Balaban J connectivity index is 1.81. The number of unbranched alkanes of at least 4 members (excludes halogenated alkanes) is 1. The molecule has 2 amide bonds. The Hall–Kier alpha value is -2.72. The van der Waals surface area contributed by atoms with Gasteiger partial charge in [-0.25, -0.2) is 9.78 Å². The van der Waals surface area contributed by atoms with E-state index in [1.165, 1.54) is 0 Å². The van der Waals surface area contributed by atoms with Crippen LogP contribution >= 0.6 is 15.2 Å². The standard InChI is InChI=1S/C31H48N4O8P2/c1-7-12-18-35(31(36)34-29-16-15-27(39-6)23-32-29)19-17-24-13-14-25-21-26(33-28(25)20-24)22-30(44(37,40-8-2)41-9-3)45(38,42-10-4)43-11-5/h13-16,20-21,23,30,33H,7-12,17-19,22H2,1-6H3,(H,32,34,36). The van der Waals surface area contributed by atoms with Crippen molar-refractivity contribution in [1.82, 2.24) is 14.9 Å². The zero-order chi connectivity index (χ0) is 32.9. The molecule has 2 N–H and O–H groups in total. The molecule has 12 nitrogen and oxygen atoms in total. The summed E-state index contributed by atoms with van der Waals surface area (Å²) >= 11 is 0. The van der Waals surface area contributed by atoms with Gasteiger partial charge in [-0.05, 0) is 75.8 Å². The number of nitrogens with zero attached hydrogens (tertiary/aromatic N) is 2. The molecule has 0 radical (unpaired) electrons. The Morgan fingerprint density at radius 2 is 1.56 bits per heavy atom. The smallest absolute Gasteiger partial charge is 0.346 e. The van der Waals surface area contributed by atoms with Crippen LogP contribution < -0.4 is 10.1 Å². The molecule has 14 heteroatoms. The fourth-order valence-electron chi connectivity index (χ4n) is 4.92. The number of pyridine rings is 1. The van der Waals surface area contributed by atoms with Crippen LogP contribution in [-0.2, 0) is 40.1 Å². The molecule has 0 saturated heterocycles. The molecule has 0 aliphatic heterocycles. The summed E-state index contributed by atoms with van der Waals surface area (Å²) in [4.78, 5) is 22.5. The Bertz CT molecular complexity index is 1400. The maximum atomic E-state index is 14.0. The van der Waals surface area contributed by atoms with Crippen molar-refractivity contribution in [3.05, 3.63) is 53.9 Å². The Labute approximate surface area is 266 Å². The second-order valence-corrected chi connectivity index (χ2v) is 15.1. The molecule has 3 rings (SSSR count). The number of amides is 2. The lowest BCUT2D eigenvalue weighted by atomic mass is 10.1. The number of H-pyrrole nitrogens is 1. The van der Waals surface area contributed by atoms with Gasteiger partial charge in [-0.3, -0.25) is 14.4 Å². The van der Waals surface area contributed by atoms with E-state index in [2.05, 4.69) is 22.2 Å². The molecule has 45 heavy (non-hydrogen) atoms. The molecule has 0 fully saturated rings. The van der Waals surface area contributed by atoms with E-state index in [0.717, 1.165) is 29.3 Å². The zero-order valence-corrected chi connectivity index (χ0v) is 29.0. The van der Waals surface area contributed by atoms with Gasteiger partial charge in [0.2, 0.25) is 0 Å². The maximum Gasteiger partial charge on any atom is 0.346 e. The van der Waals surface area contributed by atoms with Gasteiger partial charge in [0.25, 0.3) is 0 Å². The molecular weight excluding hydrogens is 618 g/mol. The van der Waals surface area contributed by atoms with Crippen molar-refractivity contribution >= 4 is 37.9 Å². The van der Waals surface area contributed by atoms with Crippen molar-refractivity contribution in [3.8, 4) is 5.75 Å². The third kappa shape index (κ3) is 10.1. The number of carbonyl (C=O) groups excluding carboxylic acids is 1. The van der Waals surface area contributed by atoms with E-state index in [1.807, 2.05) is 24.3 Å². The van der Waals surface area contributed by atoms with Crippen LogP contribution in [0, 0.1) is 0 Å². The van der Waals surface area contributed by atoms with E-state index < -0.39 is 20.6 Å². The average Bonchev–Trinajstić information content (AvgIpc) is 3.42. The van der Waals surface area contributed by atoms with E-state index in [0.29, 0.717) is 36.8 Å². The number of rotatable bonds is 20. The second kappa shape index (κ2) is 17.8. The quantitative estimate of drug-likeness (QED) is 0.115. The number of hydrogen-bond acceptors (Lipinski definition) is 9. The van der Waals surface area contributed by atoms with Crippen molar-refractivity contribution in [2.45, 2.75) is 65.7 Å². The van der Waals surface area contributed by atoms with Crippen LogP contribution in [0.25, 0.3) is 10.9 Å². The summed E-state index contributed by atoms with van der Waals surface area (Å²) in [6.45, 7) is 10.5. The fraction of sp³-hybridized carbons (Fsp3) is 0.548. The van der Waals surface area contributed by atoms with Gasteiger partial charge in [-0.1, -0.05) is 25.5 Å². The first-order valence-corrected chi connectivity index (χ1v) is 18.8. The topological polar surface area (TPSA) is 141 Å². The molecule has 1 aromatic carbocycles. The lowest BCUT2D eigenvalue weighted by Crippen LogP contribution is -2.37. The van der Waals surface area contributed by atoms with Crippen LogP contribution in [-0.4, -0.2) is 72.9 Å². The fourth-order valence-corrected chi connectivity index (χ4v) is 10.2. The van der Waals surface area contributed by atoms with Crippen molar-refractivity contribution in [1.29, 1.82) is 0 Å². The lowest BCUT2D eigenvalue weighted by Gasteiger charge is -2.31. The number of methoxy groups -OCH3 is 1. The SMILES string of the molecule is CCCCN(CCc1ccc2cc(CC(P(=O)(OCC)OCC)P(=O)(OCC)OCC)[nH]c2c1)C(=O)Nc1ccc(OC)cn1. The van der Waals surface area contributed by atoms with Gasteiger partial charge in [0.1, 0.15) is 11.6 Å². The molecule has 0 atom stereocenters. The Morgan fingerprint density at radius 3 is 2.09 bits per heavy atom. The lowest BCUT2D eigenvalue weighted by molar-refractivity contribution is 0.194. The first kappa shape index (κ1) is 36.7. The third-order valence-corrected chi connectivity index (χ3v) is 13.1. The molecule has 0 aliphatic carbocycles. The predicted molar refractivity (Wildman–Crippen MR) is 178 cm³/mol. The number of nitrogens with one attached hydrogen (secondary N) is 2. The van der Waals surface area contributed by atoms with Gasteiger partial charge in [-0.15, -0.1) is 0 Å². The number of ether oxygens (including phenoxy) is 1. The number of hydrogen-bond donors (Lipinski definition) is 2. The number of aromatic nitrogens is 2. The summed E-state index contributed by atoms with van der Waals surface area (Å²) in [5.41, 5.74) is 2.59. The summed E-state index contributed by atoms with van der Waals surface area (Å²) < 4.78 is 55.6. The first-order valence-electron chi connectivity index (χ1n) is 15.6. The van der Waals surface area contributed by atoms with E-state index >= 15 is 0 Å². The minimum absolute atomic E-state index is 0.0724. The largest absolute Gasteiger partial charge is 0.495 e. The van der Waals surface area contributed by atoms with Gasteiger partial charge in [0.15, 0.2) is 5.40 Å². The minimum atomic E-state index is -3.89. The van der Waals surface area contributed by atoms with E-state index in [9.17, 15) is 13.9 Å². The normalized spacial score (nSPS) is 12.2. The number of fused-ring (bicyclic) bond motifs is 1. The van der Waals surface area contributed by atoms with Crippen molar-refractivity contribution in [3.63, 3.8) is 0 Å². The van der Waals surface area contributed by atoms with Gasteiger partial charge >= 0.3 is 21.2 Å². The highest BCUT2D eigenvalue weighted by molar-refractivity contribution is 7.72. The summed E-state index contributed by atoms with van der Waals surface area (Å²) in [5, 5.41) is 2.66. The first-order chi connectivity index (χ1) is 21.6. The summed E-state index contributed by atoms with van der Waals surface area (Å²) in [6, 6.07) is 11.2. The zero-order valence-electron chi connectivity index (χ0n) is 27.2. The molecule has 0 saturated carbocycles.